The Hall–Kier alpha value is -2.67. The molecule has 23 heavy (non-hydrogen) atoms. The summed E-state index contributed by atoms with van der Waals surface area (Å²) < 4.78 is 6.66. The van der Waals surface area contributed by atoms with Gasteiger partial charge in [-0.25, -0.2) is 4.68 Å². The molecule has 0 spiro atoms. The number of aryl methyl sites for hydroxylation is 1. The molecular formula is C16H18N4O3. The maximum absolute atomic E-state index is 12.4. The molecule has 0 atom stereocenters. The minimum absolute atomic E-state index is 0.302. The van der Waals surface area contributed by atoms with Gasteiger partial charge in [0.05, 0.1) is 30.7 Å². The predicted molar refractivity (Wildman–Crippen MR) is 87.3 cm³/mol. The number of rotatable bonds is 3. The second kappa shape index (κ2) is 6.62. The second-order valence-electron chi connectivity index (χ2n) is 5.25. The number of oxime groups is 1. The third-order valence-corrected chi connectivity index (χ3v) is 3.82. The molecule has 1 aliphatic heterocycles. The van der Waals surface area contributed by atoms with E-state index in [-0.39, 0.29) is 5.56 Å². The normalized spacial score (nSPS) is 15.3. The first-order valence-corrected chi connectivity index (χ1v) is 7.39. The maximum atomic E-state index is 12.4. The molecular weight excluding hydrogens is 296 g/mol. The zero-order valence-corrected chi connectivity index (χ0v) is 12.8. The van der Waals surface area contributed by atoms with Crippen LogP contribution in [0.3, 0.4) is 0 Å². The molecule has 0 saturated carbocycles. The lowest BCUT2D eigenvalue weighted by Crippen LogP contribution is -2.39. The Morgan fingerprint density at radius 2 is 1.96 bits per heavy atom. The van der Waals surface area contributed by atoms with E-state index in [0.29, 0.717) is 43.2 Å². The van der Waals surface area contributed by atoms with Gasteiger partial charge in [-0.05, 0) is 0 Å². The summed E-state index contributed by atoms with van der Waals surface area (Å²) in [5.41, 5.74) is 2.29. The van der Waals surface area contributed by atoms with Gasteiger partial charge in [-0.15, -0.1) is 0 Å². The Morgan fingerprint density at radius 1 is 1.26 bits per heavy atom. The van der Waals surface area contributed by atoms with Gasteiger partial charge in [0.2, 0.25) is 0 Å². The summed E-state index contributed by atoms with van der Waals surface area (Å²) in [4.78, 5) is 14.5. The molecule has 0 radical (unpaired) electrons. The SMILES string of the molecule is Cn1nc(-c2ccccc2)c(N2CCOCC2)c(C=NO)c1=O. The zero-order chi connectivity index (χ0) is 16.2. The molecule has 2 heterocycles. The Kier molecular flexibility index (Phi) is 4.38. The van der Waals surface area contributed by atoms with Crippen LogP contribution >= 0.6 is 0 Å². The monoisotopic (exact) mass is 314 g/mol. The van der Waals surface area contributed by atoms with Crippen LogP contribution in [0.4, 0.5) is 5.69 Å². The highest BCUT2D eigenvalue weighted by Crippen LogP contribution is 2.30. The van der Waals surface area contributed by atoms with Gasteiger partial charge in [0.1, 0.15) is 5.69 Å². The minimum Gasteiger partial charge on any atom is -0.411 e. The Balaban J connectivity index is 2.27. The van der Waals surface area contributed by atoms with Crippen LogP contribution in [0.5, 0.6) is 0 Å². The number of hydrogen-bond acceptors (Lipinski definition) is 6. The van der Waals surface area contributed by atoms with Crippen LogP contribution in [0.2, 0.25) is 0 Å². The van der Waals surface area contributed by atoms with Crippen molar-refractivity contribution in [3.05, 3.63) is 46.2 Å². The van der Waals surface area contributed by atoms with Crippen LogP contribution in [0.1, 0.15) is 5.56 Å². The Morgan fingerprint density at radius 3 is 2.61 bits per heavy atom. The van der Waals surface area contributed by atoms with Crippen molar-refractivity contribution in [1.29, 1.82) is 0 Å². The van der Waals surface area contributed by atoms with Crippen molar-refractivity contribution in [2.75, 3.05) is 31.2 Å². The number of hydrogen-bond donors (Lipinski definition) is 1. The third kappa shape index (κ3) is 2.95. The fraction of sp³-hybridized carbons (Fsp3) is 0.312. The van der Waals surface area contributed by atoms with Crippen LogP contribution < -0.4 is 10.5 Å². The fourth-order valence-corrected chi connectivity index (χ4v) is 2.72. The van der Waals surface area contributed by atoms with E-state index in [4.69, 9.17) is 9.94 Å². The van der Waals surface area contributed by atoms with Crippen molar-refractivity contribution in [1.82, 2.24) is 9.78 Å². The maximum Gasteiger partial charge on any atom is 0.277 e. The zero-order valence-electron chi connectivity index (χ0n) is 12.8. The molecule has 1 aliphatic rings. The van der Waals surface area contributed by atoms with Crippen LogP contribution in [0, 0.1) is 0 Å². The van der Waals surface area contributed by atoms with E-state index >= 15 is 0 Å². The van der Waals surface area contributed by atoms with E-state index < -0.39 is 0 Å². The average Bonchev–Trinajstić information content (AvgIpc) is 2.60. The average molecular weight is 314 g/mol. The molecule has 1 fully saturated rings. The summed E-state index contributed by atoms with van der Waals surface area (Å²) in [5, 5.41) is 16.5. The van der Waals surface area contributed by atoms with E-state index in [1.54, 1.807) is 7.05 Å². The van der Waals surface area contributed by atoms with Gasteiger partial charge >= 0.3 is 0 Å². The molecule has 2 aromatic rings. The van der Waals surface area contributed by atoms with Gasteiger partial charge in [-0.1, -0.05) is 35.5 Å². The van der Waals surface area contributed by atoms with E-state index in [1.807, 2.05) is 30.3 Å². The molecule has 7 nitrogen and oxygen atoms in total. The number of aromatic nitrogens is 2. The van der Waals surface area contributed by atoms with E-state index in [9.17, 15) is 4.79 Å². The summed E-state index contributed by atoms with van der Waals surface area (Å²) >= 11 is 0. The van der Waals surface area contributed by atoms with Crippen molar-refractivity contribution in [3.8, 4) is 11.3 Å². The quantitative estimate of drug-likeness (QED) is 0.521. The number of anilines is 1. The van der Waals surface area contributed by atoms with Gasteiger partial charge in [-0.3, -0.25) is 4.79 Å². The van der Waals surface area contributed by atoms with Crippen molar-refractivity contribution >= 4 is 11.9 Å². The largest absolute Gasteiger partial charge is 0.411 e. The molecule has 3 rings (SSSR count). The van der Waals surface area contributed by atoms with Gasteiger partial charge in [0.25, 0.3) is 5.56 Å². The lowest BCUT2D eigenvalue weighted by atomic mass is 10.1. The van der Waals surface area contributed by atoms with Gasteiger partial charge in [0, 0.05) is 25.7 Å². The number of ether oxygens (including phenoxy) is 1. The molecule has 1 aromatic carbocycles. The highest BCUT2D eigenvalue weighted by atomic mass is 16.5. The Bertz CT molecular complexity index is 765. The lowest BCUT2D eigenvalue weighted by Gasteiger charge is -2.31. The first-order valence-electron chi connectivity index (χ1n) is 7.39. The number of nitrogens with zero attached hydrogens (tertiary/aromatic N) is 4. The minimum atomic E-state index is -0.302. The van der Waals surface area contributed by atoms with Gasteiger partial charge in [0.15, 0.2) is 0 Å². The lowest BCUT2D eigenvalue weighted by molar-refractivity contribution is 0.122. The topological polar surface area (TPSA) is 80.0 Å². The summed E-state index contributed by atoms with van der Waals surface area (Å²) in [6, 6.07) is 9.65. The standard InChI is InChI=1S/C16H18N4O3/c1-19-16(21)13(11-17-22)15(20-7-9-23-10-8-20)14(18-19)12-5-3-2-4-6-12/h2-6,11,22H,7-10H2,1H3. The fourth-order valence-electron chi connectivity index (χ4n) is 2.72. The predicted octanol–water partition coefficient (Wildman–Crippen LogP) is 1.09. The highest BCUT2D eigenvalue weighted by Gasteiger charge is 2.23. The molecule has 1 aromatic heterocycles. The number of benzene rings is 1. The second-order valence-corrected chi connectivity index (χ2v) is 5.25. The summed E-state index contributed by atoms with van der Waals surface area (Å²) in [6.45, 7) is 2.47. The van der Waals surface area contributed by atoms with Crippen molar-refractivity contribution in [3.63, 3.8) is 0 Å². The number of morpholine rings is 1. The van der Waals surface area contributed by atoms with Crippen LogP contribution in [0.15, 0.2) is 40.3 Å². The van der Waals surface area contributed by atoms with Crippen molar-refractivity contribution in [2.24, 2.45) is 12.2 Å². The molecule has 7 heteroatoms. The summed E-state index contributed by atoms with van der Waals surface area (Å²) in [6.07, 6.45) is 1.18. The molecule has 0 amide bonds. The Labute approximate surface area is 133 Å². The van der Waals surface area contributed by atoms with E-state index in [2.05, 4.69) is 15.2 Å². The van der Waals surface area contributed by atoms with E-state index in [1.165, 1.54) is 10.9 Å². The molecule has 120 valence electrons. The van der Waals surface area contributed by atoms with Crippen LogP contribution in [-0.2, 0) is 11.8 Å². The van der Waals surface area contributed by atoms with Crippen LogP contribution in [-0.4, -0.2) is 47.5 Å². The van der Waals surface area contributed by atoms with Crippen molar-refractivity contribution < 1.29 is 9.94 Å². The summed E-state index contributed by atoms with van der Waals surface area (Å²) in [5.74, 6) is 0. The molecule has 0 unspecified atom stereocenters. The molecule has 0 bridgehead atoms. The van der Waals surface area contributed by atoms with Gasteiger partial charge < -0.3 is 14.8 Å². The third-order valence-electron chi connectivity index (χ3n) is 3.82. The van der Waals surface area contributed by atoms with Crippen LogP contribution in [0.25, 0.3) is 11.3 Å². The smallest absolute Gasteiger partial charge is 0.277 e. The molecule has 1 N–H and O–H groups in total. The van der Waals surface area contributed by atoms with E-state index in [0.717, 1.165) is 5.56 Å². The van der Waals surface area contributed by atoms with Gasteiger partial charge in [-0.2, -0.15) is 5.10 Å². The highest BCUT2D eigenvalue weighted by molar-refractivity contribution is 5.93. The molecule has 0 aliphatic carbocycles. The summed E-state index contributed by atoms with van der Waals surface area (Å²) in [7, 11) is 1.59. The molecule has 1 saturated heterocycles. The first-order chi connectivity index (χ1) is 11.2. The first kappa shape index (κ1) is 15.2. The van der Waals surface area contributed by atoms with Crippen molar-refractivity contribution in [2.45, 2.75) is 0 Å².